The number of hydrogen-bond acceptors (Lipinski definition) is 7. The largest absolute Gasteiger partial charge is 0.508 e. The summed E-state index contributed by atoms with van der Waals surface area (Å²) in [5, 5.41) is 12.1. The first-order valence-electron chi connectivity index (χ1n) is 8.97. The van der Waals surface area contributed by atoms with E-state index in [9.17, 15) is 9.90 Å². The van der Waals surface area contributed by atoms with E-state index in [1.807, 2.05) is 12.1 Å². The summed E-state index contributed by atoms with van der Waals surface area (Å²) in [5.74, 6) is 1.35. The van der Waals surface area contributed by atoms with Gasteiger partial charge in [0.15, 0.2) is 5.69 Å². The molecule has 0 aliphatic heterocycles. The van der Waals surface area contributed by atoms with Crippen LogP contribution in [0.5, 0.6) is 17.2 Å². The first-order chi connectivity index (χ1) is 14.0. The van der Waals surface area contributed by atoms with Crippen molar-refractivity contribution in [3.8, 4) is 17.2 Å². The molecule has 1 atom stereocenters. The molecule has 0 spiro atoms. The molecule has 0 bridgehead atoms. The Morgan fingerprint density at radius 2 is 1.79 bits per heavy atom. The zero-order valence-corrected chi connectivity index (χ0v) is 16.2. The fourth-order valence-corrected chi connectivity index (χ4v) is 2.78. The van der Waals surface area contributed by atoms with Gasteiger partial charge in [0.2, 0.25) is 5.89 Å². The van der Waals surface area contributed by atoms with Gasteiger partial charge in [0.25, 0.3) is 5.91 Å². The molecule has 1 amide bonds. The molecule has 2 aromatic carbocycles. The molecule has 29 heavy (non-hydrogen) atoms. The maximum absolute atomic E-state index is 12.4. The number of hydrogen-bond donors (Lipinski definition) is 3. The van der Waals surface area contributed by atoms with Crippen molar-refractivity contribution in [3.63, 3.8) is 0 Å². The van der Waals surface area contributed by atoms with Gasteiger partial charge >= 0.3 is 0 Å². The van der Waals surface area contributed by atoms with E-state index in [0.29, 0.717) is 17.9 Å². The summed E-state index contributed by atoms with van der Waals surface area (Å²) in [5.41, 5.74) is 8.02. The van der Waals surface area contributed by atoms with Crippen molar-refractivity contribution in [1.29, 1.82) is 0 Å². The van der Waals surface area contributed by atoms with Crippen LogP contribution in [0.3, 0.4) is 0 Å². The number of nitrogens with two attached hydrogens (primary N) is 1. The second-order valence-corrected chi connectivity index (χ2v) is 6.45. The summed E-state index contributed by atoms with van der Waals surface area (Å²) in [6.45, 7) is 0.272. The number of oxazole rings is 1. The molecule has 0 fully saturated rings. The van der Waals surface area contributed by atoms with Crippen LogP contribution in [0, 0.1) is 0 Å². The molecule has 1 aromatic heterocycles. The number of amides is 1. The lowest BCUT2D eigenvalue weighted by Gasteiger charge is -2.09. The van der Waals surface area contributed by atoms with Gasteiger partial charge in [-0.1, -0.05) is 12.1 Å². The van der Waals surface area contributed by atoms with Gasteiger partial charge in [-0.2, -0.15) is 0 Å². The molecule has 0 saturated carbocycles. The molecule has 8 heteroatoms. The molecule has 0 aliphatic rings. The van der Waals surface area contributed by atoms with E-state index in [4.69, 9.17) is 19.6 Å². The van der Waals surface area contributed by atoms with E-state index in [-0.39, 0.29) is 29.8 Å². The molecular weight excluding hydrogens is 374 g/mol. The Kier molecular flexibility index (Phi) is 6.36. The Hall–Kier alpha value is -3.52. The van der Waals surface area contributed by atoms with Crippen LogP contribution in [0.4, 0.5) is 0 Å². The lowest BCUT2D eigenvalue weighted by atomic mass is 10.1. The number of methoxy groups -OCH3 is 2. The third-order valence-electron chi connectivity index (χ3n) is 4.33. The van der Waals surface area contributed by atoms with E-state index < -0.39 is 6.04 Å². The summed E-state index contributed by atoms with van der Waals surface area (Å²) in [7, 11) is 3.13. The van der Waals surface area contributed by atoms with Crippen molar-refractivity contribution in [2.24, 2.45) is 5.73 Å². The van der Waals surface area contributed by atoms with Gasteiger partial charge in [-0.3, -0.25) is 4.79 Å². The number of nitrogens with one attached hydrogen (secondary N) is 1. The molecule has 3 rings (SSSR count). The quantitative estimate of drug-likeness (QED) is 0.534. The third kappa shape index (κ3) is 5.26. The predicted octanol–water partition coefficient (Wildman–Crippen LogP) is 2.57. The Bertz CT molecular complexity index is 946. The van der Waals surface area contributed by atoms with Crippen molar-refractivity contribution < 1.29 is 23.8 Å². The van der Waals surface area contributed by atoms with Crippen LogP contribution in [0.1, 0.15) is 33.5 Å². The van der Waals surface area contributed by atoms with Crippen LogP contribution in [0.25, 0.3) is 0 Å². The fourth-order valence-electron chi connectivity index (χ4n) is 2.78. The van der Waals surface area contributed by atoms with Gasteiger partial charge in [0.1, 0.15) is 23.5 Å². The Balaban J connectivity index is 1.61. The van der Waals surface area contributed by atoms with Gasteiger partial charge in [-0.15, -0.1) is 0 Å². The highest BCUT2D eigenvalue weighted by Crippen LogP contribution is 2.22. The van der Waals surface area contributed by atoms with Crippen LogP contribution < -0.4 is 20.5 Å². The standard InChI is InChI=1S/C21H23N3O5/c1-27-16-7-14(8-17(10-16)28-2)11-23-20(26)19-12-29-21(24-19)18(22)9-13-3-5-15(25)6-4-13/h3-8,10,12,18,25H,9,11,22H2,1-2H3,(H,23,26). The average molecular weight is 397 g/mol. The molecule has 152 valence electrons. The summed E-state index contributed by atoms with van der Waals surface area (Å²) in [6, 6.07) is 11.6. The second kappa shape index (κ2) is 9.11. The van der Waals surface area contributed by atoms with Crippen LogP contribution in [0.15, 0.2) is 53.1 Å². The number of benzene rings is 2. The summed E-state index contributed by atoms with van der Waals surface area (Å²) in [6.07, 6.45) is 1.75. The molecule has 0 saturated heterocycles. The topological polar surface area (TPSA) is 120 Å². The van der Waals surface area contributed by atoms with E-state index in [0.717, 1.165) is 11.1 Å². The average Bonchev–Trinajstić information content (AvgIpc) is 3.24. The number of ether oxygens (including phenoxy) is 2. The van der Waals surface area contributed by atoms with Crippen molar-refractivity contribution in [2.75, 3.05) is 14.2 Å². The maximum atomic E-state index is 12.4. The highest BCUT2D eigenvalue weighted by atomic mass is 16.5. The van der Waals surface area contributed by atoms with Gasteiger partial charge in [0, 0.05) is 12.6 Å². The van der Waals surface area contributed by atoms with Crippen LogP contribution in [-0.4, -0.2) is 30.2 Å². The number of aromatic nitrogens is 1. The van der Waals surface area contributed by atoms with Crippen molar-refractivity contribution in [1.82, 2.24) is 10.3 Å². The molecule has 0 radical (unpaired) electrons. The Morgan fingerprint density at radius 1 is 1.14 bits per heavy atom. The monoisotopic (exact) mass is 397 g/mol. The molecule has 0 aliphatic carbocycles. The zero-order chi connectivity index (χ0) is 20.8. The van der Waals surface area contributed by atoms with Crippen molar-refractivity contribution in [2.45, 2.75) is 19.0 Å². The summed E-state index contributed by atoms with van der Waals surface area (Å²) < 4.78 is 15.8. The van der Waals surface area contributed by atoms with E-state index in [1.54, 1.807) is 44.6 Å². The molecule has 1 heterocycles. The van der Waals surface area contributed by atoms with Crippen LogP contribution in [-0.2, 0) is 13.0 Å². The van der Waals surface area contributed by atoms with Crippen LogP contribution >= 0.6 is 0 Å². The highest BCUT2D eigenvalue weighted by molar-refractivity contribution is 5.91. The maximum Gasteiger partial charge on any atom is 0.273 e. The first kappa shape index (κ1) is 20.2. The normalized spacial score (nSPS) is 11.7. The first-order valence-corrected chi connectivity index (χ1v) is 8.97. The number of nitrogens with zero attached hydrogens (tertiary/aromatic N) is 1. The number of aromatic hydroxyl groups is 1. The summed E-state index contributed by atoms with van der Waals surface area (Å²) >= 11 is 0. The smallest absolute Gasteiger partial charge is 0.273 e. The summed E-state index contributed by atoms with van der Waals surface area (Å²) in [4.78, 5) is 16.6. The zero-order valence-electron chi connectivity index (χ0n) is 16.2. The number of carbonyl (C=O) groups is 1. The highest BCUT2D eigenvalue weighted by Gasteiger charge is 2.17. The van der Waals surface area contributed by atoms with Crippen molar-refractivity contribution >= 4 is 5.91 Å². The minimum Gasteiger partial charge on any atom is -0.508 e. The minimum atomic E-state index is -0.510. The molecule has 3 aromatic rings. The van der Waals surface area contributed by atoms with E-state index in [1.165, 1.54) is 6.26 Å². The fraction of sp³-hybridized carbons (Fsp3) is 0.238. The molecule has 8 nitrogen and oxygen atoms in total. The number of phenolic OH excluding ortho intramolecular Hbond substituents is 1. The van der Waals surface area contributed by atoms with Crippen molar-refractivity contribution in [3.05, 3.63) is 71.4 Å². The SMILES string of the molecule is COc1cc(CNC(=O)c2coc(C(N)Cc3ccc(O)cc3)n2)cc(OC)c1. The number of phenols is 1. The third-order valence-corrected chi connectivity index (χ3v) is 4.33. The minimum absolute atomic E-state index is 0.149. The predicted molar refractivity (Wildman–Crippen MR) is 106 cm³/mol. The molecular formula is C21H23N3O5. The lowest BCUT2D eigenvalue weighted by Crippen LogP contribution is -2.23. The van der Waals surface area contributed by atoms with Crippen LogP contribution in [0.2, 0.25) is 0 Å². The van der Waals surface area contributed by atoms with Gasteiger partial charge < -0.3 is 30.0 Å². The Morgan fingerprint density at radius 3 is 2.41 bits per heavy atom. The molecule has 4 N–H and O–H groups in total. The number of rotatable bonds is 8. The number of carbonyl (C=O) groups excluding carboxylic acids is 1. The molecule has 1 unspecified atom stereocenters. The lowest BCUT2D eigenvalue weighted by molar-refractivity contribution is 0.0945. The van der Waals surface area contributed by atoms with Gasteiger partial charge in [-0.05, 0) is 41.8 Å². The Labute approximate surface area is 168 Å². The van der Waals surface area contributed by atoms with Gasteiger partial charge in [0.05, 0.1) is 20.3 Å². The van der Waals surface area contributed by atoms with Gasteiger partial charge in [-0.25, -0.2) is 4.98 Å². The second-order valence-electron chi connectivity index (χ2n) is 6.45. The van der Waals surface area contributed by atoms with E-state index >= 15 is 0 Å². The van der Waals surface area contributed by atoms with E-state index in [2.05, 4.69) is 10.3 Å².